The Hall–Kier alpha value is -0.800. The van der Waals surface area contributed by atoms with E-state index in [9.17, 15) is 4.79 Å². The highest BCUT2D eigenvalue weighted by atomic mass is 35.5. The fourth-order valence-electron chi connectivity index (χ4n) is 2.42. The summed E-state index contributed by atoms with van der Waals surface area (Å²) in [7, 11) is 0. The second kappa shape index (κ2) is 6.58. The standard InChI is InChI=1S/C14H18Cl2N2O/c1-2-10-3-6-14(19)18(8-7-10)9-12-11(15)4-5-13(16)17-12/h4-5,10H,2-3,6-9H2,1H3. The molecule has 0 bridgehead atoms. The Morgan fingerprint density at radius 3 is 2.89 bits per heavy atom. The van der Waals surface area contributed by atoms with E-state index in [0.717, 1.165) is 25.8 Å². The summed E-state index contributed by atoms with van der Waals surface area (Å²) in [4.78, 5) is 18.2. The molecular weight excluding hydrogens is 283 g/mol. The molecule has 1 amide bonds. The molecule has 5 heteroatoms. The van der Waals surface area contributed by atoms with Gasteiger partial charge in [-0.3, -0.25) is 4.79 Å². The summed E-state index contributed by atoms with van der Waals surface area (Å²) in [5.74, 6) is 0.838. The van der Waals surface area contributed by atoms with Gasteiger partial charge in [-0.1, -0.05) is 36.5 Å². The molecule has 0 radical (unpaired) electrons. The second-order valence-corrected chi connectivity index (χ2v) is 5.77. The molecule has 1 aliphatic heterocycles. The number of aromatic nitrogens is 1. The van der Waals surface area contributed by atoms with Crippen LogP contribution in [0.15, 0.2) is 12.1 Å². The van der Waals surface area contributed by atoms with Crippen LogP contribution in [-0.2, 0) is 11.3 Å². The van der Waals surface area contributed by atoms with E-state index in [-0.39, 0.29) is 5.91 Å². The van der Waals surface area contributed by atoms with Gasteiger partial charge in [-0.2, -0.15) is 0 Å². The monoisotopic (exact) mass is 300 g/mol. The average Bonchev–Trinajstić information content (AvgIpc) is 2.57. The number of pyridine rings is 1. The number of amides is 1. The molecule has 0 saturated carbocycles. The van der Waals surface area contributed by atoms with Crippen LogP contribution in [0.5, 0.6) is 0 Å². The molecule has 1 saturated heterocycles. The maximum atomic E-state index is 12.1. The van der Waals surface area contributed by atoms with E-state index in [2.05, 4.69) is 11.9 Å². The highest BCUT2D eigenvalue weighted by Crippen LogP contribution is 2.24. The summed E-state index contributed by atoms with van der Waals surface area (Å²) >= 11 is 12.0. The average molecular weight is 301 g/mol. The zero-order chi connectivity index (χ0) is 13.8. The molecule has 1 atom stereocenters. The largest absolute Gasteiger partial charge is 0.337 e. The zero-order valence-corrected chi connectivity index (χ0v) is 12.5. The van der Waals surface area contributed by atoms with E-state index in [1.165, 1.54) is 0 Å². The molecule has 0 spiro atoms. The van der Waals surface area contributed by atoms with Crippen LogP contribution < -0.4 is 0 Å². The first kappa shape index (κ1) is 14.6. The lowest BCUT2D eigenvalue weighted by atomic mass is 9.98. The lowest BCUT2D eigenvalue weighted by Crippen LogP contribution is -2.30. The van der Waals surface area contributed by atoms with Crippen molar-refractivity contribution in [1.29, 1.82) is 0 Å². The second-order valence-electron chi connectivity index (χ2n) is 4.98. The molecule has 3 nitrogen and oxygen atoms in total. The number of carbonyl (C=O) groups is 1. The third-order valence-corrected chi connectivity index (χ3v) is 4.28. The topological polar surface area (TPSA) is 33.2 Å². The molecule has 0 aromatic carbocycles. The summed E-state index contributed by atoms with van der Waals surface area (Å²) in [6, 6.07) is 3.38. The van der Waals surface area contributed by atoms with Crippen LogP contribution in [0.1, 0.15) is 38.3 Å². The van der Waals surface area contributed by atoms with Crippen molar-refractivity contribution in [3.8, 4) is 0 Å². The van der Waals surface area contributed by atoms with Crippen LogP contribution in [0.25, 0.3) is 0 Å². The first-order valence-corrected chi connectivity index (χ1v) is 7.44. The molecule has 0 N–H and O–H groups in total. The molecular formula is C14H18Cl2N2O. The van der Waals surface area contributed by atoms with Gasteiger partial charge in [0.15, 0.2) is 0 Å². The van der Waals surface area contributed by atoms with Crippen molar-refractivity contribution in [1.82, 2.24) is 9.88 Å². The van der Waals surface area contributed by atoms with Gasteiger partial charge in [0.1, 0.15) is 5.15 Å². The minimum atomic E-state index is 0.189. The maximum absolute atomic E-state index is 12.1. The number of hydrogen-bond donors (Lipinski definition) is 0. The number of rotatable bonds is 3. The first-order valence-electron chi connectivity index (χ1n) is 6.69. The van der Waals surface area contributed by atoms with Gasteiger partial charge in [0.2, 0.25) is 5.91 Å². The Morgan fingerprint density at radius 2 is 2.16 bits per heavy atom. The van der Waals surface area contributed by atoms with Crippen molar-refractivity contribution < 1.29 is 4.79 Å². The Balaban J connectivity index is 2.09. The van der Waals surface area contributed by atoms with Crippen LogP contribution in [-0.4, -0.2) is 22.3 Å². The number of hydrogen-bond acceptors (Lipinski definition) is 2. The minimum absolute atomic E-state index is 0.189. The summed E-state index contributed by atoms with van der Waals surface area (Å²) in [6.07, 6.45) is 3.80. The summed E-state index contributed by atoms with van der Waals surface area (Å²) in [6.45, 7) is 3.41. The number of carbonyl (C=O) groups excluding carboxylic acids is 1. The minimum Gasteiger partial charge on any atom is -0.337 e. The van der Waals surface area contributed by atoms with Crippen LogP contribution in [0.3, 0.4) is 0 Å². The quantitative estimate of drug-likeness (QED) is 0.793. The predicted molar refractivity (Wildman–Crippen MR) is 77.3 cm³/mol. The van der Waals surface area contributed by atoms with Gasteiger partial charge < -0.3 is 4.90 Å². The molecule has 19 heavy (non-hydrogen) atoms. The van der Waals surface area contributed by atoms with E-state index in [4.69, 9.17) is 23.2 Å². The number of likely N-dealkylation sites (tertiary alicyclic amines) is 1. The Kier molecular flexibility index (Phi) is 5.06. The number of halogens is 2. The highest BCUT2D eigenvalue weighted by Gasteiger charge is 2.22. The Labute approximate surface area is 123 Å². The normalized spacial score (nSPS) is 20.5. The lowest BCUT2D eigenvalue weighted by Gasteiger charge is -2.21. The number of nitrogens with zero attached hydrogens (tertiary/aromatic N) is 2. The summed E-state index contributed by atoms with van der Waals surface area (Å²) < 4.78 is 0. The third-order valence-electron chi connectivity index (χ3n) is 3.73. The summed E-state index contributed by atoms with van der Waals surface area (Å²) in [5.41, 5.74) is 0.678. The summed E-state index contributed by atoms with van der Waals surface area (Å²) in [5, 5.41) is 0.974. The fraction of sp³-hybridized carbons (Fsp3) is 0.571. The van der Waals surface area contributed by atoms with Gasteiger partial charge in [-0.15, -0.1) is 0 Å². The van der Waals surface area contributed by atoms with Crippen molar-refractivity contribution in [3.05, 3.63) is 28.0 Å². The van der Waals surface area contributed by atoms with E-state index in [0.29, 0.717) is 34.8 Å². The van der Waals surface area contributed by atoms with E-state index in [1.807, 2.05) is 4.90 Å². The van der Waals surface area contributed by atoms with Crippen molar-refractivity contribution in [2.45, 2.75) is 39.2 Å². The van der Waals surface area contributed by atoms with Crippen LogP contribution in [0, 0.1) is 5.92 Å². The first-order chi connectivity index (χ1) is 9.10. The van der Waals surface area contributed by atoms with Gasteiger partial charge >= 0.3 is 0 Å². The van der Waals surface area contributed by atoms with Gasteiger partial charge in [0.05, 0.1) is 17.3 Å². The van der Waals surface area contributed by atoms with Gasteiger partial charge in [0, 0.05) is 13.0 Å². The van der Waals surface area contributed by atoms with Crippen molar-refractivity contribution in [3.63, 3.8) is 0 Å². The van der Waals surface area contributed by atoms with Crippen molar-refractivity contribution >= 4 is 29.1 Å². The molecule has 1 aromatic rings. The predicted octanol–water partition coefficient (Wildman–Crippen LogP) is 3.93. The van der Waals surface area contributed by atoms with Crippen LogP contribution in [0.4, 0.5) is 0 Å². The van der Waals surface area contributed by atoms with E-state index >= 15 is 0 Å². The molecule has 1 unspecified atom stereocenters. The molecule has 2 heterocycles. The SMILES string of the molecule is CCC1CCC(=O)N(Cc2nc(Cl)ccc2Cl)CC1. The van der Waals surface area contributed by atoms with E-state index < -0.39 is 0 Å². The Bertz CT molecular complexity index is 465. The maximum Gasteiger partial charge on any atom is 0.222 e. The molecule has 1 aliphatic rings. The van der Waals surface area contributed by atoms with Crippen LogP contribution in [0.2, 0.25) is 10.2 Å². The van der Waals surface area contributed by atoms with Gasteiger partial charge in [-0.05, 0) is 30.9 Å². The lowest BCUT2D eigenvalue weighted by molar-refractivity contribution is -0.131. The Morgan fingerprint density at radius 1 is 1.37 bits per heavy atom. The van der Waals surface area contributed by atoms with E-state index in [1.54, 1.807) is 12.1 Å². The third kappa shape index (κ3) is 3.83. The fourth-order valence-corrected chi connectivity index (χ4v) is 2.75. The molecule has 0 aliphatic carbocycles. The van der Waals surface area contributed by atoms with Gasteiger partial charge in [0.25, 0.3) is 0 Å². The zero-order valence-electron chi connectivity index (χ0n) is 11.0. The molecule has 2 rings (SSSR count). The molecule has 1 aromatic heterocycles. The van der Waals surface area contributed by atoms with Gasteiger partial charge in [-0.25, -0.2) is 4.98 Å². The van der Waals surface area contributed by atoms with Crippen molar-refractivity contribution in [2.24, 2.45) is 5.92 Å². The molecule has 1 fully saturated rings. The smallest absolute Gasteiger partial charge is 0.222 e. The highest BCUT2D eigenvalue weighted by molar-refractivity contribution is 6.32. The molecule has 104 valence electrons. The van der Waals surface area contributed by atoms with Crippen LogP contribution >= 0.6 is 23.2 Å². The van der Waals surface area contributed by atoms with Crippen molar-refractivity contribution in [2.75, 3.05) is 6.54 Å².